The molecule has 6 nitrogen and oxygen atoms in total. The van der Waals surface area contributed by atoms with Gasteiger partial charge < -0.3 is 19.2 Å². The number of rotatable bonds is 6. The van der Waals surface area contributed by atoms with Crippen molar-refractivity contribution in [2.75, 3.05) is 27.4 Å². The lowest BCUT2D eigenvalue weighted by Crippen LogP contribution is -2.56. The summed E-state index contributed by atoms with van der Waals surface area (Å²) < 4.78 is 16.0. The first-order valence-corrected chi connectivity index (χ1v) is 9.73. The van der Waals surface area contributed by atoms with Crippen LogP contribution in [0.4, 0.5) is 0 Å². The number of esters is 1. The van der Waals surface area contributed by atoms with E-state index in [1.165, 1.54) is 7.11 Å². The third kappa shape index (κ3) is 3.61. The summed E-state index contributed by atoms with van der Waals surface area (Å²) in [6, 6.07) is 16.0. The largest absolute Gasteiger partial charge is 0.491 e. The second-order valence-corrected chi connectivity index (χ2v) is 7.55. The molecule has 6 heteroatoms. The molecule has 0 fully saturated rings. The highest BCUT2D eigenvalue weighted by Gasteiger charge is 2.43. The van der Waals surface area contributed by atoms with Gasteiger partial charge in [-0.25, -0.2) is 0 Å². The Morgan fingerprint density at radius 1 is 1.14 bits per heavy atom. The monoisotopic (exact) mass is 394 g/mol. The highest BCUT2D eigenvalue weighted by Crippen LogP contribution is 2.39. The van der Waals surface area contributed by atoms with Crippen LogP contribution in [-0.4, -0.2) is 43.9 Å². The smallest absolute Gasteiger partial charge is 0.326 e. The van der Waals surface area contributed by atoms with E-state index in [-0.39, 0.29) is 12.0 Å². The van der Waals surface area contributed by atoms with Crippen LogP contribution in [0.5, 0.6) is 5.75 Å². The lowest BCUT2D eigenvalue weighted by Gasteiger charge is -2.37. The summed E-state index contributed by atoms with van der Waals surface area (Å²) in [5, 5.41) is 4.58. The Morgan fingerprint density at radius 2 is 1.93 bits per heavy atom. The maximum atomic E-state index is 12.6. The molecule has 1 aliphatic heterocycles. The van der Waals surface area contributed by atoms with Gasteiger partial charge in [-0.1, -0.05) is 30.3 Å². The van der Waals surface area contributed by atoms with Crippen LogP contribution in [0, 0.1) is 0 Å². The third-order valence-electron chi connectivity index (χ3n) is 5.52. The molecule has 0 spiro atoms. The fraction of sp³-hybridized carbons (Fsp3) is 0.348. The van der Waals surface area contributed by atoms with E-state index in [0.29, 0.717) is 19.6 Å². The SMILES string of the molecule is COCCOc1ccc2[nH]c3c(c2c1)CC(C)(C(=O)OC)NC3c1ccccc1. The molecule has 0 amide bonds. The minimum absolute atomic E-state index is 0.144. The van der Waals surface area contributed by atoms with Gasteiger partial charge in [0.15, 0.2) is 0 Å². The highest BCUT2D eigenvalue weighted by molar-refractivity contribution is 5.89. The Morgan fingerprint density at radius 3 is 2.66 bits per heavy atom. The molecule has 29 heavy (non-hydrogen) atoms. The molecular weight excluding hydrogens is 368 g/mol. The van der Waals surface area contributed by atoms with E-state index in [1.807, 2.05) is 43.3 Å². The topological polar surface area (TPSA) is 72.6 Å². The molecule has 2 unspecified atom stereocenters. The van der Waals surface area contributed by atoms with Crippen molar-refractivity contribution in [1.82, 2.24) is 10.3 Å². The van der Waals surface area contributed by atoms with E-state index in [2.05, 4.69) is 22.4 Å². The number of aromatic amines is 1. The molecule has 152 valence electrons. The Bertz CT molecular complexity index is 1010. The minimum atomic E-state index is -0.829. The van der Waals surface area contributed by atoms with E-state index < -0.39 is 5.54 Å². The van der Waals surface area contributed by atoms with Crippen LogP contribution in [0.25, 0.3) is 10.9 Å². The molecule has 3 aromatic rings. The van der Waals surface area contributed by atoms with Crippen molar-refractivity contribution < 1.29 is 19.0 Å². The van der Waals surface area contributed by atoms with Crippen LogP contribution in [0.15, 0.2) is 48.5 Å². The Labute approximate surface area is 170 Å². The van der Waals surface area contributed by atoms with Crippen LogP contribution >= 0.6 is 0 Å². The maximum Gasteiger partial charge on any atom is 0.326 e. The molecule has 0 bridgehead atoms. The summed E-state index contributed by atoms with van der Waals surface area (Å²) in [4.78, 5) is 16.2. The second-order valence-electron chi connectivity index (χ2n) is 7.55. The molecule has 4 rings (SSSR count). The number of hydrogen-bond donors (Lipinski definition) is 2. The molecule has 0 radical (unpaired) electrons. The molecule has 0 saturated carbocycles. The zero-order chi connectivity index (χ0) is 20.4. The van der Waals surface area contributed by atoms with E-state index in [1.54, 1.807) is 7.11 Å². The first-order chi connectivity index (χ1) is 14.1. The number of fused-ring (bicyclic) bond motifs is 3. The van der Waals surface area contributed by atoms with Gasteiger partial charge in [-0.3, -0.25) is 10.1 Å². The summed E-state index contributed by atoms with van der Waals surface area (Å²) in [6.45, 7) is 2.92. The van der Waals surface area contributed by atoms with E-state index >= 15 is 0 Å². The van der Waals surface area contributed by atoms with Gasteiger partial charge in [-0.05, 0) is 36.2 Å². The number of benzene rings is 2. The number of aromatic nitrogens is 1. The number of methoxy groups -OCH3 is 2. The average Bonchev–Trinajstić information content (AvgIpc) is 3.11. The van der Waals surface area contributed by atoms with Crippen LogP contribution in [0.2, 0.25) is 0 Å². The molecule has 2 heterocycles. The van der Waals surface area contributed by atoms with Gasteiger partial charge in [0, 0.05) is 30.1 Å². The summed E-state index contributed by atoms with van der Waals surface area (Å²) in [7, 11) is 3.08. The Kier molecular flexibility index (Phi) is 5.30. The average molecular weight is 394 g/mol. The number of ether oxygens (including phenoxy) is 3. The molecule has 2 aromatic carbocycles. The first kappa shape index (κ1) is 19.5. The van der Waals surface area contributed by atoms with Crippen LogP contribution in [-0.2, 0) is 20.7 Å². The van der Waals surface area contributed by atoms with Crippen LogP contribution in [0.1, 0.15) is 29.8 Å². The second kappa shape index (κ2) is 7.89. The Balaban J connectivity index is 1.81. The molecule has 1 aromatic heterocycles. The first-order valence-electron chi connectivity index (χ1n) is 9.73. The number of carbonyl (C=O) groups is 1. The van der Waals surface area contributed by atoms with Gasteiger partial charge in [0.25, 0.3) is 0 Å². The van der Waals surface area contributed by atoms with Gasteiger partial charge in [0.1, 0.15) is 17.9 Å². The maximum absolute atomic E-state index is 12.6. The van der Waals surface area contributed by atoms with Crippen molar-refractivity contribution >= 4 is 16.9 Å². The van der Waals surface area contributed by atoms with Gasteiger partial charge in [0.05, 0.1) is 19.8 Å². The van der Waals surface area contributed by atoms with E-state index in [0.717, 1.165) is 33.5 Å². The Hall–Kier alpha value is -2.83. The van der Waals surface area contributed by atoms with Gasteiger partial charge in [0.2, 0.25) is 0 Å². The highest BCUT2D eigenvalue weighted by atomic mass is 16.5. The van der Waals surface area contributed by atoms with Crippen molar-refractivity contribution in [3.8, 4) is 5.75 Å². The van der Waals surface area contributed by atoms with Crippen LogP contribution < -0.4 is 10.1 Å². The number of H-pyrrole nitrogens is 1. The van der Waals surface area contributed by atoms with Crippen molar-refractivity contribution in [2.45, 2.75) is 24.9 Å². The molecule has 0 saturated heterocycles. The normalized spacial score (nSPS) is 21.0. The quantitative estimate of drug-likeness (QED) is 0.495. The predicted octanol–water partition coefficient (Wildman–Crippen LogP) is 3.36. The van der Waals surface area contributed by atoms with Gasteiger partial charge in [-0.2, -0.15) is 0 Å². The van der Waals surface area contributed by atoms with Crippen molar-refractivity contribution in [2.24, 2.45) is 0 Å². The standard InChI is InChI=1S/C23H26N2O4/c1-23(22(26)28-3)14-18-17-13-16(29-12-11-27-2)9-10-19(17)24-21(18)20(25-23)15-7-5-4-6-8-15/h4-10,13,20,24-25H,11-12,14H2,1-3H3. The molecular formula is C23H26N2O4. The van der Waals surface area contributed by atoms with Gasteiger partial charge >= 0.3 is 5.97 Å². The minimum Gasteiger partial charge on any atom is -0.491 e. The summed E-state index contributed by atoms with van der Waals surface area (Å²) >= 11 is 0. The summed E-state index contributed by atoms with van der Waals surface area (Å²) in [5.74, 6) is 0.511. The predicted molar refractivity (Wildman–Crippen MR) is 111 cm³/mol. The molecule has 0 aliphatic carbocycles. The molecule has 1 aliphatic rings. The zero-order valence-corrected chi connectivity index (χ0v) is 17.0. The lowest BCUT2D eigenvalue weighted by atomic mass is 9.82. The van der Waals surface area contributed by atoms with Crippen molar-refractivity contribution in [1.29, 1.82) is 0 Å². The van der Waals surface area contributed by atoms with E-state index in [4.69, 9.17) is 14.2 Å². The number of hydrogen-bond acceptors (Lipinski definition) is 5. The molecule has 2 N–H and O–H groups in total. The van der Waals surface area contributed by atoms with Crippen molar-refractivity contribution in [3.63, 3.8) is 0 Å². The summed E-state index contributed by atoms with van der Waals surface area (Å²) in [6.07, 6.45) is 0.528. The number of nitrogens with one attached hydrogen (secondary N) is 2. The van der Waals surface area contributed by atoms with Gasteiger partial charge in [-0.15, -0.1) is 0 Å². The van der Waals surface area contributed by atoms with E-state index in [9.17, 15) is 4.79 Å². The fourth-order valence-electron chi connectivity index (χ4n) is 4.06. The zero-order valence-electron chi connectivity index (χ0n) is 17.0. The third-order valence-corrected chi connectivity index (χ3v) is 5.52. The number of carbonyl (C=O) groups excluding carboxylic acids is 1. The van der Waals surface area contributed by atoms with Crippen LogP contribution in [0.3, 0.4) is 0 Å². The fourth-order valence-corrected chi connectivity index (χ4v) is 4.06. The lowest BCUT2D eigenvalue weighted by molar-refractivity contribution is -0.148. The summed E-state index contributed by atoms with van der Waals surface area (Å²) in [5.41, 5.74) is 3.46. The van der Waals surface area contributed by atoms with Crippen molar-refractivity contribution in [3.05, 3.63) is 65.4 Å². The molecule has 2 atom stereocenters.